The summed E-state index contributed by atoms with van der Waals surface area (Å²) in [5, 5.41) is 3.63. The molecule has 0 unspecified atom stereocenters. The molecule has 0 amide bonds. The van der Waals surface area contributed by atoms with Crippen molar-refractivity contribution in [2.45, 2.75) is 13.8 Å². The van der Waals surface area contributed by atoms with Crippen LogP contribution in [0.5, 0.6) is 0 Å². The predicted molar refractivity (Wildman–Crippen MR) is 56.4 cm³/mol. The van der Waals surface area contributed by atoms with Gasteiger partial charge in [0.05, 0.1) is 6.61 Å². The number of esters is 1. The molecule has 0 saturated carbocycles. The Kier molecular flexibility index (Phi) is 3.55. The van der Waals surface area contributed by atoms with Gasteiger partial charge in [0.1, 0.15) is 0 Å². The van der Waals surface area contributed by atoms with E-state index >= 15 is 0 Å². The minimum atomic E-state index is -0.818. The van der Waals surface area contributed by atoms with Gasteiger partial charge < -0.3 is 4.74 Å². The van der Waals surface area contributed by atoms with Crippen molar-refractivity contribution in [2.24, 2.45) is 7.05 Å². The molecule has 0 spiro atoms. The van der Waals surface area contributed by atoms with E-state index in [1.165, 1.54) is 14.0 Å². The van der Waals surface area contributed by atoms with E-state index in [0.29, 0.717) is 0 Å². The van der Waals surface area contributed by atoms with Crippen LogP contribution in [-0.4, -0.2) is 22.4 Å². The molecule has 16 heavy (non-hydrogen) atoms. The number of rotatable bonds is 2. The first-order valence-electron chi connectivity index (χ1n) is 4.73. The molecule has 1 heterocycles. The molecular formula is C10H12N2O4. The molecule has 0 bridgehead atoms. The van der Waals surface area contributed by atoms with Gasteiger partial charge in [0.2, 0.25) is 11.1 Å². The third-order valence-electron chi connectivity index (χ3n) is 1.95. The Hall–Kier alpha value is -1.98. The van der Waals surface area contributed by atoms with Crippen LogP contribution in [0.25, 0.3) is 0 Å². The van der Waals surface area contributed by atoms with Gasteiger partial charge in [-0.15, -0.1) is 0 Å². The molecule has 0 atom stereocenters. The van der Waals surface area contributed by atoms with Crippen molar-refractivity contribution >= 4 is 5.97 Å². The van der Waals surface area contributed by atoms with Crippen molar-refractivity contribution in [3.63, 3.8) is 0 Å². The third-order valence-corrected chi connectivity index (χ3v) is 1.95. The average Bonchev–Trinajstić information content (AvgIpc) is 2.31. The largest absolute Gasteiger partial charge is 0.461 e. The normalized spacial score (nSPS) is 9.94. The summed E-state index contributed by atoms with van der Waals surface area (Å²) in [4.78, 5) is 34.4. The fourth-order valence-electron chi connectivity index (χ4n) is 1.11. The van der Waals surface area contributed by atoms with Crippen LogP contribution in [0.1, 0.15) is 23.0 Å². The zero-order valence-corrected chi connectivity index (χ0v) is 9.31. The highest BCUT2D eigenvalue weighted by molar-refractivity contribution is 5.86. The van der Waals surface area contributed by atoms with Crippen LogP contribution in [-0.2, 0) is 11.8 Å². The van der Waals surface area contributed by atoms with E-state index in [9.17, 15) is 14.4 Å². The SMILES string of the molecule is CCOC(=O)c1nn(C)c(=O)cc(C)c1=O. The molecule has 0 aliphatic carbocycles. The maximum atomic E-state index is 11.7. The van der Waals surface area contributed by atoms with Gasteiger partial charge in [0.15, 0.2) is 0 Å². The average molecular weight is 224 g/mol. The van der Waals surface area contributed by atoms with E-state index in [1.807, 2.05) is 0 Å². The van der Waals surface area contributed by atoms with Crippen LogP contribution >= 0.6 is 0 Å². The number of ether oxygens (including phenoxy) is 1. The quantitative estimate of drug-likeness (QED) is 0.640. The molecule has 0 saturated heterocycles. The standard InChI is InChI=1S/C10H12N2O4/c1-4-16-10(15)8-9(14)6(2)5-7(13)12(3)11-8/h5H,4H2,1-3H3. The first-order chi connectivity index (χ1) is 7.47. The van der Waals surface area contributed by atoms with Gasteiger partial charge >= 0.3 is 5.97 Å². The van der Waals surface area contributed by atoms with Gasteiger partial charge in [-0.1, -0.05) is 0 Å². The summed E-state index contributed by atoms with van der Waals surface area (Å²) in [6, 6.07) is 1.14. The maximum absolute atomic E-state index is 11.7. The highest BCUT2D eigenvalue weighted by Gasteiger charge is 2.15. The van der Waals surface area contributed by atoms with Crippen molar-refractivity contribution in [1.29, 1.82) is 0 Å². The second-order valence-corrected chi connectivity index (χ2v) is 3.19. The Balaban J connectivity index is 3.53. The lowest BCUT2D eigenvalue weighted by atomic mass is 10.2. The van der Waals surface area contributed by atoms with Crippen LogP contribution in [0.3, 0.4) is 0 Å². The zero-order chi connectivity index (χ0) is 12.3. The fraction of sp³-hybridized carbons (Fsp3) is 0.400. The van der Waals surface area contributed by atoms with Crippen LogP contribution in [0.4, 0.5) is 0 Å². The summed E-state index contributed by atoms with van der Waals surface area (Å²) >= 11 is 0. The Morgan fingerprint density at radius 2 is 2.12 bits per heavy atom. The maximum Gasteiger partial charge on any atom is 0.362 e. The highest BCUT2D eigenvalue weighted by atomic mass is 16.5. The number of carbonyl (C=O) groups is 1. The molecule has 0 aliphatic heterocycles. The summed E-state index contributed by atoms with van der Waals surface area (Å²) in [6.07, 6.45) is 0. The van der Waals surface area contributed by atoms with Crippen LogP contribution in [0, 0.1) is 6.92 Å². The van der Waals surface area contributed by atoms with E-state index in [2.05, 4.69) is 9.84 Å². The second-order valence-electron chi connectivity index (χ2n) is 3.19. The molecule has 0 aromatic carbocycles. The zero-order valence-electron chi connectivity index (χ0n) is 9.31. The topological polar surface area (TPSA) is 78.3 Å². The number of nitrogens with zero attached hydrogens (tertiary/aromatic N) is 2. The van der Waals surface area contributed by atoms with Crippen molar-refractivity contribution in [2.75, 3.05) is 6.61 Å². The van der Waals surface area contributed by atoms with Gasteiger partial charge in [-0.3, -0.25) is 9.59 Å². The smallest absolute Gasteiger partial charge is 0.362 e. The van der Waals surface area contributed by atoms with E-state index < -0.39 is 17.0 Å². The second kappa shape index (κ2) is 4.69. The lowest BCUT2D eigenvalue weighted by Crippen LogP contribution is -2.21. The number of aromatic nitrogens is 2. The van der Waals surface area contributed by atoms with E-state index in [1.54, 1.807) is 6.92 Å². The number of hydrogen-bond acceptors (Lipinski definition) is 5. The lowest BCUT2D eigenvalue weighted by Gasteiger charge is -1.97. The van der Waals surface area contributed by atoms with E-state index in [0.717, 1.165) is 10.7 Å². The fourth-order valence-corrected chi connectivity index (χ4v) is 1.11. The molecular weight excluding hydrogens is 212 g/mol. The Morgan fingerprint density at radius 3 is 2.69 bits per heavy atom. The molecule has 6 heteroatoms. The monoisotopic (exact) mass is 224 g/mol. The third kappa shape index (κ3) is 2.33. The van der Waals surface area contributed by atoms with Gasteiger partial charge in [0.25, 0.3) is 5.56 Å². The number of aryl methyl sites for hydroxylation is 2. The summed E-state index contributed by atoms with van der Waals surface area (Å²) in [7, 11) is 1.37. The molecule has 0 radical (unpaired) electrons. The minimum absolute atomic E-state index is 0.144. The Bertz CT molecular complexity index is 533. The van der Waals surface area contributed by atoms with Crippen molar-refractivity contribution in [3.05, 3.63) is 37.9 Å². The Morgan fingerprint density at radius 1 is 1.50 bits per heavy atom. The summed E-state index contributed by atoms with van der Waals surface area (Å²) < 4.78 is 5.61. The first-order valence-corrected chi connectivity index (χ1v) is 4.73. The van der Waals surface area contributed by atoms with Gasteiger partial charge in [-0.05, 0) is 13.8 Å². The van der Waals surface area contributed by atoms with Crippen LogP contribution in [0.2, 0.25) is 0 Å². The molecule has 6 nitrogen and oxygen atoms in total. The Labute approximate surface area is 91.5 Å². The molecule has 1 rings (SSSR count). The first kappa shape index (κ1) is 12.1. The molecule has 86 valence electrons. The summed E-state index contributed by atoms with van der Waals surface area (Å²) in [5.74, 6) is -0.818. The molecule has 0 aliphatic rings. The minimum Gasteiger partial charge on any atom is -0.461 e. The van der Waals surface area contributed by atoms with E-state index in [4.69, 9.17) is 0 Å². The van der Waals surface area contributed by atoms with Gasteiger partial charge in [0, 0.05) is 18.7 Å². The number of carbonyl (C=O) groups excluding carboxylic acids is 1. The lowest BCUT2D eigenvalue weighted by molar-refractivity contribution is 0.0515. The van der Waals surface area contributed by atoms with Gasteiger partial charge in [-0.25, -0.2) is 9.48 Å². The van der Waals surface area contributed by atoms with Crippen LogP contribution in [0.15, 0.2) is 15.7 Å². The molecule has 1 aromatic rings. The predicted octanol–water partition coefficient (Wildman–Crippen LogP) is -0.374. The molecule has 0 fully saturated rings. The summed E-state index contributed by atoms with van der Waals surface area (Å²) in [5.41, 5.74) is -1.24. The molecule has 1 aromatic heterocycles. The van der Waals surface area contributed by atoms with Gasteiger partial charge in [-0.2, -0.15) is 5.10 Å². The molecule has 0 N–H and O–H groups in total. The van der Waals surface area contributed by atoms with Crippen LogP contribution < -0.4 is 11.0 Å². The van der Waals surface area contributed by atoms with Crippen molar-refractivity contribution < 1.29 is 9.53 Å². The number of hydrogen-bond donors (Lipinski definition) is 0. The summed E-state index contributed by atoms with van der Waals surface area (Å²) in [6.45, 7) is 3.22. The highest BCUT2D eigenvalue weighted by Crippen LogP contribution is 1.91. The van der Waals surface area contributed by atoms with E-state index in [-0.39, 0.29) is 17.9 Å². The van der Waals surface area contributed by atoms with Crippen molar-refractivity contribution in [1.82, 2.24) is 9.78 Å². The van der Waals surface area contributed by atoms with Crippen molar-refractivity contribution in [3.8, 4) is 0 Å².